The number of nitrogens with one attached hydrogen (secondary N) is 1. The Morgan fingerprint density at radius 3 is 2.67 bits per heavy atom. The minimum atomic E-state index is -0.825. The molecule has 0 unspecified atom stereocenters. The van der Waals surface area contributed by atoms with Crippen molar-refractivity contribution in [2.24, 2.45) is 0 Å². The van der Waals surface area contributed by atoms with Crippen LogP contribution in [0.2, 0.25) is 0 Å². The van der Waals surface area contributed by atoms with Gasteiger partial charge in [0.2, 0.25) is 0 Å². The van der Waals surface area contributed by atoms with Crippen LogP contribution in [-0.2, 0) is 14.3 Å². The van der Waals surface area contributed by atoms with Gasteiger partial charge in [-0.2, -0.15) is 0 Å². The fourth-order valence-corrected chi connectivity index (χ4v) is 2.51. The lowest BCUT2D eigenvalue weighted by Gasteiger charge is -2.19. The predicted octanol–water partition coefficient (Wildman–Crippen LogP) is 2.72. The molecule has 1 aliphatic rings. The fourth-order valence-electron chi connectivity index (χ4n) is 2.51. The van der Waals surface area contributed by atoms with Crippen molar-refractivity contribution in [2.75, 3.05) is 25.1 Å². The molecular formula is C20H21NO6. The molecule has 0 bridgehead atoms. The highest BCUT2D eigenvalue weighted by atomic mass is 16.6. The zero-order chi connectivity index (χ0) is 19.2. The van der Waals surface area contributed by atoms with E-state index in [0.717, 1.165) is 5.56 Å². The lowest BCUT2D eigenvalue weighted by Crippen LogP contribution is -2.29. The second-order valence-corrected chi connectivity index (χ2v) is 6.09. The Kier molecular flexibility index (Phi) is 5.80. The lowest BCUT2D eigenvalue weighted by atomic mass is 10.2. The average Bonchev–Trinajstić information content (AvgIpc) is 2.66. The summed E-state index contributed by atoms with van der Waals surface area (Å²) in [4.78, 5) is 24.0. The molecule has 0 aromatic heterocycles. The first kappa shape index (κ1) is 18.6. The largest absolute Gasteiger partial charge is 0.486 e. The molecule has 0 fully saturated rings. The number of carbonyl (C=O) groups is 2. The van der Waals surface area contributed by atoms with Crippen molar-refractivity contribution in [3.63, 3.8) is 0 Å². The fraction of sp³-hybridized carbons (Fsp3) is 0.300. The lowest BCUT2D eigenvalue weighted by molar-refractivity contribution is -0.153. The molecule has 7 nitrogen and oxygen atoms in total. The van der Waals surface area contributed by atoms with Gasteiger partial charge >= 0.3 is 5.97 Å². The van der Waals surface area contributed by atoms with Crippen molar-refractivity contribution < 1.29 is 28.5 Å². The van der Waals surface area contributed by atoms with Gasteiger partial charge in [-0.1, -0.05) is 12.1 Å². The van der Waals surface area contributed by atoms with Gasteiger partial charge in [0.15, 0.2) is 24.2 Å². The molecule has 142 valence electrons. The Hall–Kier alpha value is -3.22. The summed E-state index contributed by atoms with van der Waals surface area (Å²) in [6, 6.07) is 12.4. The number of esters is 1. The molecule has 0 saturated carbocycles. The molecule has 0 saturated heterocycles. The Balaban J connectivity index is 1.47. The Labute approximate surface area is 157 Å². The highest BCUT2D eigenvalue weighted by molar-refractivity contribution is 5.93. The molecule has 7 heteroatoms. The maximum Gasteiger partial charge on any atom is 0.347 e. The summed E-state index contributed by atoms with van der Waals surface area (Å²) in [6.07, 6.45) is -0.825. The third-order valence-corrected chi connectivity index (χ3v) is 3.81. The second kappa shape index (κ2) is 8.44. The number of fused-ring (bicyclic) bond motifs is 1. The van der Waals surface area contributed by atoms with Crippen molar-refractivity contribution in [2.45, 2.75) is 20.0 Å². The second-order valence-electron chi connectivity index (χ2n) is 6.09. The topological polar surface area (TPSA) is 83.1 Å². The molecule has 3 rings (SSSR count). The first-order valence-electron chi connectivity index (χ1n) is 8.61. The van der Waals surface area contributed by atoms with Crippen LogP contribution in [0.1, 0.15) is 12.5 Å². The normalized spacial score (nSPS) is 13.4. The minimum absolute atomic E-state index is 0.408. The van der Waals surface area contributed by atoms with Crippen molar-refractivity contribution in [1.29, 1.82) is 0 Å². The Morgan fingerprint density at radius 2 is 1.89 bits per heavy atom. The standard InChI is InChI=1S/C20H21NO6/c1-13-4-3-5-16(10-13)27-14(2)20(23)26-12-19(22)21-15-6-7-17-18(11-15)25-9-8-24-17/h3-7,10-11,14H,8-9,12H2,1-2H3,(H,21,22)/t14-/m1/s1. The highest BCUT2D eigenvalue weighted by Crippen LogP contribution is 2.32. The van der Waals surface area contributed by atoms with Crippen LogP contribution >= 0.6 is 0 Å². The van der Waals surface area contributed by atoms with Crippen LogP contribution in [-0.4, -0.2) is 37.8 Å². The van der Waals surface area contributed by atoms with Gasteiger partial charge in [-0.3, -0.25) is 4.79 Å². The monoisotopic (exact) mass is 371 g/mol. The third kappa shape index (κ3) is 5.13. The molecule has 0 aliphatic carbocycles. The summed E-state index contributed by atoms with van der Waals surface area (Å²) in [7, 11) is 0. The predicted molar refractivity (Wildman–Crippen MR) is 98.3 cm³/mol. The number of ether oxygens (including phenoxy) is 4. The van der Waals surface area contributed by atoms with Gasteiger partial charge in [-0.05, 0) is 43.7 Å². The number of rotatable bonds is 6. The summed E-state index contributed by atoms with van der Waals surface area (Å²) in [5.41, 5.74) is 1.55. The van der Waals surface area contributed by atoms with Crippen LogP contribution in [0, 0.1) is 6.92 Å². The van der Waals surface area contributed by atoms with Gasteiger partial charge in [0.25, 0.3) is 5.91 Å². The SMILES string of the molecule is Cc1cccc(O[C@H](C)C(=O)OCC(=O)Nc2ccc3c(c2)OCCO3)c1. The van der Waals surface area contributed by atoms with E-state index in [0.29, 0.717) is 36.1 Å². The smallest absolute Gasteiger partial charge is 0.347 e. The van der Waals surface area contributed by atoms with Crippen LogP contribution in [0.4, 0.5) is 5.69 Å². The molecule has 2 aromatic carbocycles. The molecule has 2 aromatic rings. The van der Waals surface area contributed by atoms with Gasteiger partial charge in [0, 0.05) is 11.8 Å². The van der Waals surface area contributed by atoms with E-state index in [1.807, 2.05) is 25.1 Å². The Bertz CT molecular complexity index is 835. The molecular weight excluding hydrogens is 350 g/mol. The van der Waals surface area contributed by atoms with Gasteiger partial charge in [0.1, 0.15) is 19.0 Å². The number of hydrogen-bond acceptors (Lipinski definition) is 6. The molecule has 1 amide bonds. The summed E-state index contributed by atoms with van der Waals surface area (Å²) in [5, 5.41) is 2.65. The van der Waals surface area contributed by atoms with E-state index in [1.54, 1.807) is 31.2 Å². The highest BCUT2D eigenvalue weighted by Gasteiger charge is 2.18. The van der Waals surface area contributed by atoms with Gasteiger partial charge in [0.05, 0.1) is 0 Å². The van der Waals surface area contributed by atoms with E-state index < -0.39 is 24.6 Å². The first-order valence-corrected chi connectivity index (χ1v) is 8.61. The number of aryl methyl sites for hydroxylation is 1. The maximum atomic E-state index is 12.0. The molecule has 1 atom stereocenters. The summed E-state index contributed by atoms with van der Waals surface area (Å²) in [6.45, 7) is 4.05. The summed E-state index contributed by atoms with van der Waals surface area (Å²) in [5.74, 6) is 0.695. The number of amides is 1. The first-order chi connectivity index (χ1) is 13.0. The summed E-state index contributed by atoms with van der Waals surface area (Å²) < 4.78 is 21.4. The molecule has 27 heavy (non-hydrogen) atoms. The van der Waals surface area contributed by atoms with Crippen LogP contribution in [0.3, 0.4) is 0 Å². The van der Waals surface area contributed by atoms with Crippen molar-refractivity contribution in [3.8, 4) is 17.2 Å². The quantitative estimate of drug-likeness (QED) is 0.786. The van der Waals surface area contributed by atoms with Crippen molar-refractivity contribution >= 4 is 17.6 Å². The average molecular weight is 371 g/mol. The van der Waals surface area contributed by atoms with E-state index in [4.69, 9.17) is 18.9 Å². The van der Waals surface area contributed by atoms with Crippen molar-refractivity contribution in [3.05, 3.63) is 48.0 Å². The van der Waals surface area contributed by atoms with Gasteiger partial charge in [-0.15, -0.1) is 0 Å². The van der Waals surface area contributed by atoms with E-state index >= 15 is 0 Å². The number of carbonyl (C=O) groups excluding carboxylic acids is 2. The van der Waals surface area contributed by atoms with Crippen LogP contribution in [0.5, 0.6) is 17.2 Å². The minimum Gasteiger partial charge on any atom is -0.486 e. The number of benzene rings is 2. The molecule has 1 heterocycles. The third-order valence-electron chi connectivity index (χ3n) is 3.81. The Morgan fingerprint density at radius 1 is 1.11 bits per heavy atom. The van der Waals surface area contributed by atoms with Gasteiger partial charge < -0.3 is 24.3 Å². The van der Waals surface area contributed by atoms with E-state index in [-0.39, 0.29) is 0 Å². The van der Waals surface area contributed by atoms with E-state index in [1.165, 1.54) is 0 Å². The molecule has 1 N–H and O–H groups in total. The molecule has 1 aliphatic heterocycles. The van der Waals surface area contributed by atoms with Crippen LogP contribution in [0.25, 0.3) is 0 Å². The van der Waals surface area contributed by atoms with Crippen molar-refractivity contribution in [1.82, 2.24) is 0 Å². The molecule has 0 radical (unpaired) electrons. The zero-order valence-electron chi connectivity index (χ0n) is 15.2. The zero-order valence-corrected chi connectivity index (χ0v) is 15.2. The number of hydrogen-bond donors (Lipinski definition) is 1. The summed E-state index contributed by atoms with van der Waals surface area (Å²) >= 11 is 0. The maximum absolute atomic E-state index is 12.0. The van der Waals surface area contributed by atoms with E-state index in [2.05, 4.69) is 5.32 Å². The molecule has 0 spiro atoms. The van der Waals surface area contributed by atoms with Crippen LogP contribution in [0.15, 0.2) is 42.5 Å². The van der Waals surface area contributed by atoms with Crippen LogP contribution < -0.4 is 19.5 Å². The van der Waals surface area contributed by atoms with Gasteiger partial charge in [-0.25, -0.2) is 4.79 Å². The number of anilines is 1. The van der Waals surface area contributed by atoms with E-state index in [9.17, 15) is 9.59 Å².